The zero-order chi connectivity index (χ0) is 14.8. The summed E-state index contributed by atoms with van der Waals surface area (Å²) < 4.78 is 5.85. The van der Waals surface area contributed by atoms with Gasteiger partial charge in [0.25, 0.3) is 0 Å². The normalized spacial score (nSPS) is 25.8. The molecule has 0 bridgehead atoms. The van der Waals surface area contributed by atoms with Crippen LogP contribution >= 0.6 is 0 Å². The lowest BCUT2D eigenvalue weighted by molar-refractivity contribution is -0.0494. The fourth-order valence-corrected chi connectivity index (χ4v) is 2.58. The fourth-order valence-electron chi connectivity index (χ4n) is 2.58. The summed E-state index contributed by atoms with van der Waals surface area (Å²) in [5.41, 5.74) is 1.49. The van der Waals surface area contributed by atoms with Gasteiger partial charge in [0.1, 0.15) is 5.72 Å². The van der Waals surface area contributed by atoms with Crippen molar-refractivity contribution >= 4 is 11.7 Å². The molecule has 1 saturated heterocycles. The molecule has 4 heteroatoms. The van der Waals surface area contributed by atoms with Crippen LogP contribution in [-0.4, -0.2) is 29.3 Å². The molecule has 2 unspecified atom stereocenters. The summed E-state index contributed by atoms with van der Waals surface area (Å²) in [6, 6.07) is 7.90. The molecule has 2 rings (SSSR count). The van der Waals surface area contributed by atoms with Crippen LogP contribution in [0, 0.1) is 6.92 Å². The van der Waals surface area contributed by atoms with Crippen molar-refractivity contribution in [1.82, 2.24) is 4.90 Å². The van der Waals surface area contributed by atoms with E-state index in [1.165, 1.54) is 5.56 Å². The van der Waals surface area contributed by atoms with Crippen LogP contribution in [0.3, 0.4) is 0 Å². The summed E-state index contributed by atoms with van der Waals surface area (Å²) in [4.78, 5) is 14.4. The number of nitrogens with zero attached hydrogens (tertiary/aromatic N) is 1. The second-order valence-corrected chi connectivity index (χ2v) is 5.57. The topological polar surface area (TPSA) is 41.6 Å². The molecule has 1 N–H and O–H groups in total. The first-order valence-corrected chi connectivity index (χ1v) is 7.31. The molecule has 20 heavy (non-hydrogen) atoms. The van der Waals surface area contributed by atoms with E-state index in [-0.39, 0.29) is 12.1 Å². The van der Waals surface area contributed by atoms with Gasteiger partial charge in [-0.05, 0) is 38.8 Å². The highest BCUT2D eigenvalue weighted by atomic mass is 16.5. The Hall–Kier alpha value is -1.55. The predicted molar refractivity (Wildman–Crippen MR) is 80.8 cm³/mol. The Morgan fingerprint density at radius 1 is 1.40 bits per heavy atom. The number of carbonyl (C=O) groups is 1. The van der Waals surface area contributed by atoms with Gasteiger partial charge in [-0.25, -0.2) is 4.79 Å². The van der Waals surface area contributed by atoms with Crippen molar-refractivity contribution in [3.8, 4) is 0 Å². The van der Waals surface area contributed by atoms with Gasteiger partial charge in [-0.15, -0.1) is 0 Å². The van der Waals surface area contributed by atoms with Crippen molar-refractivity contribution in [2.75, 3.05) is 11.9 Å². The van der Waals surface area contributed by atoms with E-state index in [4.69, 9.17) is 4.74 Å². The van der Waals surface area contributed by atoms with Crippen LogP contribution < -0.4 is 5.32 Å². The Morgan fingerprint density at radius 3 is 2.60 bits per heavy atom. The van der Waals surface area contributed by atoms with E-state index in [9.17, 15) is 4.79 Å². The number of hydrogen-bond acceptors (Lipinski definition) is 2. The molecule has 0 aliphatic carbocycles. The van der Waals surface area contributed by atoms with E-state index in [0.717, 1.165) is 18.5 Å². The third kappa shape index (κ3) is 2.80. The van der Waals surface area contributed by atoms with E-state index in [1.54, 1.807) is 0 Å². The molecule has 2 atom stereocenters. The molecule has 2 amide bonds. The lowest BCUT2D eigenvalue weighted by Crippen LogP contribution is -2.51. The number of anilines is 1. The molecule has 0 radical (unpaired) electrons. The molecule has 1 aromatic carbocycles. The number of hydrogen-bond donors (Lipinski definition) is 1. The van der Waals surface area contributed by atoms with Gasteiger partial charge in [0.2, 0.25) is 0 Å². The first-order chi connectivity index (χ1) is 9.50. The number of urea groups is 1. The van der Waals surface area contributed by atoms with Crippen LogP contribution in [0.2, 0.25) is 0 Å². The van der Waals surface area contributed by atoms with E-state index >= 15 is 0 Å². The summed E-state index contributed by atoms with van der Waals surface area (Å²) >= 11 is 0. The average molecular weight is 276 g/mol. The van der Waals surface area contributed by atoms with Crippen LogP contribution in [0.25, 0.3) is 0 Å². The maximum absolute atomic E-state index is 12.6. The van der Waals surface area contributed by atoms with E-state index < -0.39 is 5.72 Å². The Kier molecular flexibility index (Phi) is 4.33. The highest BCUT2D eigenvalue weighted by Gasteiger charge is 2.45. The van der Waals surface area contributed by atoms with Gasteiger partial charge in [0, 0.05) is 5.69 Å². The van der Waals surface area contributed by atoms with Gasteiger partial charge in [0.15, 0.2) is 0 Å². The SMILES string of the molecule is CCC1COC(C)(CC)N1C(=O)Nc1ccc(C)cc1. The smallest absolute Gasteiger partial charge is 0.324 e. The number of carbonyl (C=O) groups excluding carboxylic acids is 1. The fraction of sp³-hybridized carbons (Fsp3) is 0.562. The van der Waals surface area contributed by atoms with Gasteiger partial charge in [-0.3, -0.25) is 4.90 Å². The van der Waals surface area contributed by atoms with Crippen molar-refractivity contribution in [3.63, 3.8) is 0 Å². The van der Waals surface area contributed by atoms with Crippen LogP contribution in [0.15, 0.2) is 24.3 Å². The number of benzene rings is 1. The molecule has 1 heterocycles. The highest BCUT2D eigenvalue weighted by Crippen LogP contribution is 2.32. The number of aryl methyl sites for hydroxylation is 1. The van der Waals surface area contributed by atoms with Gasteiger partial charge in [0.05, 0.1) is 12.6 Å². The van der Waals surface area contributed by atoms with Crippen LogP contribution in [0.1, 0.15) is 39.2 Å². The molecule has 0 spiro atoms. The van der Waals surface area contributed by atoms with Crippen molar-refractivity contribution in [2.45, 2.75) is 52.3 Å². The molecule has 1 fully saturated rings. The number of nitrogens with one attached hydrogen (secondary N) is 1. The highest BCUT2D eigenvalue weighted by molar-refractivity contribution is 5.90. The van der Waals surface area contributed by atoms with Gasteiger partial charge in [-0.2, -0.15) is 0 Å². The molecule has 1 aliphatic heterocycles. The first-order valence-electron chi connectivity index (χ1n) is 7.31. The van der Waals surface area contributed by atoms with Crippen molar-refractivity contribution in [2.24, 2.45) is 0 Å². The largest absolute Gasteiger partial charge is 0.354 e. The molecular weight excluding hydrogens is 252 g/mol. The molecular formula is C16H24N2O2. The lowest BCUT2D eigenvalue weighted by atomic mass is 10.1. The summed E-state index contributed by atoms with van der Waals surface area (Å²) in [5, 5.41) is 2.97. The molecule has 1 aliphatic rings. The van der Waals surface area contributed by atoms with E-state index in [1.807, 2.05) is 49.9 Å². The summed E-state index contributed by atoms with van der Waals surface area (Å²) in [6.07, 6.45) is 1.68. The second kappa shape index (κ2) is 5.83. The molecule has 0 saturated carbocycles. The number of amides is 2. The van der Waals surface area contributed by atoms with Gasteiger partial charge < -0.3 is 10.1 Å². The van der Waals surface area contributed by atoms with Crippen molar-refractivity contribution in [1.29, 1.82) is 0 Å². The summed E-state index contributed by atoms with van der Waals surface area (Å²) in [6.45, 7) is 8.76. The third-order valence-corrected chi connectivity index (χ3v) is 4.11. The van der Waals surface area contributed by atoms with E-state index in [2.05, 4.69) is 12.2 Å². The maximum Gasteiger partial charge on any atom is 0.324 e. The first kappa shape index (κ1) is 14.9. The van der Waals surface area contributed by atoms with Crippen molar-refractivity contribution in [3.05, 3.63) is 29.8 Å². The molecule has 110 valence electrons. The quantitative estimate of drug-likeness (QED) is 0.913. The number of rotatable bonds is 3. The van der Waals surface area contributed by atoms with Gasteiger partial charge in [-0.1, -0.05) is 31.5 Å². The minimum Gasteiger partial charge on any atom is -0.354 e. The van der Waals surface area contributed by atoms with Gasteiger partial charge >= 0.3 is 6.03 Å². The zero-order valence-corrected chi connectivity index (χ0v) is 12.8. The summed E-state index contributed by atoms with van der Waals surface area (Å²) in [7, 11) is 0. The Balaban J connectivity index is 2.15. The lowest BCUT2D eigenvalue weighted by Gasteiger charge is -2.35. The monoisotopic (exact) mass is 276 g/mol. The van der Waals surface area contributed by atoms with E-state index in [0.29, 0.717) is 6.61 Å². The Morgan fingerprint density at radius 2 is 2.05 bits per heavy atom. The average Bonchev–Trinajstić information content (AvgIpc) is 2.79. The van der Waals surface area contributed by atoms with Crippen LogP contribution in [0.5, 0.6) is 0 Å². The minimum atomic E-state index is -0.505. The molecule has 0 aromatic heterocycles. The zero-order valence-electron chi connectivity index (χ0n) is 12.8. The summed E-state index contributed by atoms with van der Waals surface area (Å²) in [5.74, 6) is 0. The molecule has 4 nitrogen and oxygen atoms in total. The molecule has 1 aromatic rings. The third-order valence-electron chi connectivity index (χ3n) is 4.11. The predicted octanol–water partition coefficient (Wildman–Crippen LogP) is 3.76. The van der Waals surface area contributed by atoms with Crippen LogP contribution in [0.4, 0.5) is 10.5 Å². The minimum absolute atomic E-state index is 0.0810. The second-order valence-electron chi connectivity index (χ2n) is 5.57. The van der Waals surface area contributed by atoms with Crippen LogP contribution in [-0.2, 0) is 4.74 Å². The Labute approximate surface area is 121 Å². The van der Waals surface area contributed by atoms with Crippen molar-refractivity contribution < 1.29 is 9.53 Å². The Bertz CT molecular complexity index is 472. The maximum atomic E-state index is 12.6. The number of ether oxygens (including phenoxy) is 1. The standard InChI is InChI=1S/C16H24N2O2/c1-5-14-11-20-16(4,6-2)18(14)15(19)17-13-9-7-12(3)8-10-13/h7-10,14H,5-6,11H2,1-4H3,(H,17,19).